The van der Waals surface area contributed by atoms with Gasteiger partial charge in [-0.25, -0.2) is 4.98 Å². The number of imidazole rings is 1. The summed E-state index contributed by atoms with van der Waals surface area (Å²) >= 11 is 0. The molecule has 1 aromatic heterocycles. The Morgan fingerprint density at radius 3 is 2.40 bits per heavy atom. The highest BCUT2D eigenvalue weighted by Gasteiger charge is 2.35. The number of aromatic amines is 1. The first-order chi connectivity index (χ1) is 9.66. The molecule has 0 saturated heterocycles. The Balaban J connectivity index is 1.73. The van der Waals surface area contributed by atoms with Crippen molar-refractivity contribution in [3.63, 3.8) is 0 Å². The van der Waals surface area contributed by atoms with E-state index in [1.165, 1.54) is 4.90 Å². The molecule has 2 aromatic rings. The van der Waals surface area contributed by atoms with Crippen LogP contribution < -0.4 is 0 Å². The molecule has 0 saturated carbocycles. The van der Waals surface area contributed by atoms with E-state index in [0.717, 1.165) is 5.82 Å². The number of carbonyl (C=O) groups is 2. The fraction of sp³-hybridized carbons (Fsp3) is 0.267. The van der Waals surface area contributed by atoms with Crippen LogP contribution in [-0.2, 0) is 6.42 Å². The molecule has 0 spiro atoms. The van der Waals surface area contributed by atoms with E-state index in [-0.39, 0.29) is 17.7 Å². The van der Waals surface area contributed by atoms with E-state index in [4.69, 9.17) is 0 Å². The lowest BCUT2D eigenvalue weighted by Gasteiger charge is -2.18. The van der Waals surface area contributed by atoms with Gasteiger partial charge in [0.05, 0.1) is 11.1 Å². The third-order valence-corrected chi connectivity index (χ3v) is 3.47. The van der Waals surface area contributed by atoms with Crippen molar-refractivity contribution in [2.75, 3.05) is 6.54 Å². The van der Waals surface area contributed by atoms with Crippen molar-refractivity contribution in [1.29, 1.82) is 0 Å². The van der Waals surface area contributed by atoms with Gasteiger partial charge in [0, 0.05) is 25.4 Å². The number of nitrogens with zero attached hydrogens (tertiary/aromatic N) is 2. The summed E-state index contributed by atoms with van der Waals surface area (Å²) in [7, 11) is 0. The summed E-state index contributed by atoms with van der Waals surface area (Å²) < 4.78 is 0. The van der Waals surface area contributed by atoms with Gasteiger partial charge in [-0.1, -0.05) is 19.1 Å². The molecule has 1 aliphatic rings. The van der Waals surface area contributed by atoms with E-state index in [2.05, 4.69) is 9.97 Å². The molecule has 20 heavy (non-hydrogen) atoms. The predicted molar refractivity (Wildman–Crippen MR) is 73.3 cm³/mol. The van der Waals surface area contributed by atoms with Gasteiger partial charge in [-0.05, 0) is 18.1 Å². The SMILES string of the molecule is CC(Cc1ncc[nH]1)CN1C(=O)c2ccccc2C1=O. The lowest BCUT2D eigenvalue weighted by molar-refractivity contribution is 0.0632. The van der Waals surface area contributed by atoms with Gasteiger partial charge in [0.2, 0.25) is 0 Å². The summed E-state index contributed by atoms with van der Waals surface area (Å²) in [5.74, 6) is 0.631. The number of nitrogens with one attached hydrogen (secondary N) is 1. The highest BCUT2D eigenvalue weighted by atomic mass is 16.2. The molecule has 1 aromatic carbocycles. The average Bonchev–Trinajstić information content (AvgIpc) is 3.03. The Morgan fingerprint density at radius 1 is 1.20 bits per heavy atom. The number of H-pyrrole nitrogens is 1. The fourth-order valence-electron chi connectivity index (χ4n) is 2.52. The third kappa shape index (κ3) is 2.11. The van der Waals surface area contributed by atoms with E-state index in [0.29, 0.717) is 24.1 Å². The molecular formula is C15H15N3O2. The van der Waals surface area contributed by atoms with Crippen LogP contribution in [0, 0.1) is 5.92 Å². The maximum absolute atomic E-state index is 12.2. The number of benzene rings is 1. The lowest BCUT2D eigenvalue weighted by atomic mass is 10.1. The van der Waals surface area contributed by atoms with E-state index in [9.17, 15) is 9.59 Å². The molecule has 1 unspecified atom stereocenters. The first kappa shape index (κ1) is 12.6. The lowest BCUT2D eigenvalue weighted by Crippen LogP contribution is -2.34. The number of carbonyl (C=O) groups excluding carboxylic acids is 2. The molecule has 1 atom stereocenters. The Morgan fingerprint density at radius 2 is 1.85 bits per heavy atom. The van der Waals surface area contributed by atoms with Crippen LogP contribution in [0.5, 0.6) is 0 Å². The van der Waals surface area contributed by atoms with Gasteiger partial charge in [0.1, 0.15) is 5.82 Å². The predicted octanol–water partition coefficient (Wildman–Crippen LogP) is 1.88. The minimum Gasteiger partial charge on any atom is -0.349 e. The van der Waals surface area contributed by atoms with Crippen molar-refractivity contribution < 1.29 is 9.59 Å². The fourth-order valence-corrected chi connectivity index (χ4v) is 2.52. The quantitative estimate of drug-likeness (QED) is 0.862. The molecule has 2 heterocycles. The minimum absolute atomic E-state index is 0.156. The molecular weight excluding hydrogens is 254 g/mol. The number of fused-ring (bicyclic) bond motifs is 1. The molecule has 0 radical (unpaired) electrons. The highest BCUT2D eigenvalue weighted by Crippen LogP contribution is 2.23. The van der Waals surface area contributed by atoms with E-state index < -0.39 is 0 Å². The van der Waals surface area contributed by atoms with Gasteiger partial charge in [0.15, 0.2) is 0 Å². The van der Waals surface area contributed by atoms with Crippen LogP contribution in [-0.4, -0.2) is 33.2 Å². The van der Waals surface area contributed by atoms with E-state index >= 15 is 0 Å². The van der Waals surface area contributed by atoms with Crippen molar-refractivity contribution in [3.8, 4) is 0 Å². The Labute approximate surface area is 116 Å². The summed E-state index contributed by atoms with van der Waals surface area (Å²) in [5, 5.41) is 0. The van der Waals surface area contributed by atoms with E-state index in [1.54, 1.807) is 36.7 Å². The molecule has 3 rings (SSSR count). The summed E-state index contributed by atoms with van der Waals surface area (Å²) in [6.07, 6.45) is 4.18. The summed E-state index contributed by atoms with van der Waals surface area (Å²) in [6, 6.07) is 6.96. The maximum atomic E-state index is 12.2. The van der Waals surface area contributed by atoms with Gasteiger partial charge in [-0.3, -0.25) is 14.5 Å². The largest absolute Gasteiger partial charge is 0.349 e. The second kappa shape index (κ2) is 4.92. The number of hydrogen-bond donors (Lipinski definition) is 1. The summed E-state index contributed by atoms with van der Waals surface area (Å²) in [4.78, 5) is 33.0. The number of aromatic nitrogens is 2. The zero-order chi connectivity index (χ0) is 14.1. The van der Waals surface area contributed by atoms with Gasteiger partial charge in [-0.2, -0.15) is 0 Å². The van der Waals surface area contributed by atoms with Crippen LogP contribution in [0.15, 0.2) is 36.7 Å². The van der Waals surface area contributed by atoms with Gasteiger partial charge in [-0.15, -0.1) is 0 Å². The molecule has 0 bridgehead atoms. The Hall–Kier alpha value is -2.43. The summed E-state index contributed by atoms with van der Waals surface area (Å²) in [5.41, 5.74) is 1.00. The Bertz CT molecular complexity index is 614. The molecule has 1 N–H and O–H groups in total. The number of imide groups is 1. The molecule has 2 amide bonds. The molecule has 0 aliphatic carbocycles. The van der Waals surface area contributed by atoms with Gasteiger partial charge >= 0.3 is 0 Å². The van der Waals surface area contributed by atoms with E-state index in [1.807, 2.05) is 6.92 Å². The van der Waals surface area contributed by atoms with Crippen molar-refractivity contribution in [2.45, 2.75) is 13.3 Å². The smallest absolute Gasteiger partial charge is 0.261 e. The van der Waals surface area contributed by atoms with Crippen molar-refractivity contribution in [2.24, 2.45) is 5.92 Å². The van der Waals surface area contributed by atoms with Crippen LogP contribution in [0.25, 0.3) is 0 Å². The van der Waals surface area contributed by atoms with Crippen LogP contribution >= 0.6 is 0 Å². The molecule has 0 fully saturated rings. The van der Waals surface area contributed by atoms with Gasteiger partial charge < -0.3 is 4.98 Å². The normalized spacial score (nSPS) is 15.6. The maximum Gasteiger partial charge on any atom is 0.261 e. The average molecular weight is 269 g/mol. The summed E-state index contributed by atoms with van der Waals surface area (Å²) in [6.45, 7) is 2.42. The van der Waals surface area contributed by atoms with Crippen LogP contribution in [0.2, 0.25) is 0 Å². The van der Waals surface area contributed by atoms with Crippen molar-refractivity contribution in [1.82, 2.24) is 14.9 Å². The van der Waals surface area contributed by atoms with Crippen LogP contribution in [0.3, 0.4) is 0 Å². The second-order valence-electron chi connectivity index (χ2n) is 5.11. The standard InChI is InChI=1S/C15H15N3O2/c1-10(8-13-16-6-7-17-13)9-18-14(19)11-4-2-3-5-12(11)15(18)20/h2-7,10H,8-9H2,1H3,(H,16,17). The third-order valence-electron chi connectivity index (χ3n) is 3.47. The Kier molecular flexibility index (Phi) is 3.10. The zero-order valence-electron chi connectivity index (χ0n) is 11.2. The van der Waals surface area contributed by atoms with Crippen LogP contribution in [0.4, 0.5) is 0 Å². The van der Waals surface area contributed by atoms with Crippen molar-refractivity contribution >= 4 is 11.8 Å². The topological polar surface area (TPSA) is 66.1 Å². The molecule has 102 valence electrons. The van der Waals surface area contributed by atoms with Gasteiger partial charge in [0.25, 0.3) is 11.8 Å². The molecule has 5 heteroatoms. The number of rotatable bonds is 4. The van der Waals surface area contributed by atoms with Crippen molar-refractivity contribution in [3.05, 3.63) is 53.6 Å². The highest BCUT2D eigenvalue weighted by molar-refractivity contribution is 6.21. The monoisotopic (exact) mass is 269 g/mol. The molecule has 5 nitrogen and oxygen atoms in total. The van der Waals surface area contributed by atoms with Crippen LogP contribution in [0.1, 0.15) is 33.5 Å². The minimum atomic E-state index is -0.197. The number of hydrogen-bond acceptors (Lipinski definition) is 3. The first-order valence-corrected chi connectivity index (χ1v) is 6.60. The first-order valence-electron chi connectivity index (χ1n) is 6.60. The number of amides is 2. The second-order valence-corrected chi connectivity index (χ2v) is 5.11. The zero-order valence-corrected chi connectivity index (χ0v) is 11.2. The molecule has 1 aliphatic heterocycles.